The van der Waals surface area contributed by atoms with E-state index in [1.54, 1.807) is 12.1 Å². The number of β-amino-alcohol motifs (C(OH)–C–C–N with tert-alkyl or cyclic N) is 1. The first-order valence-electron chi connectivity index (χ1n) is 5.23. The van der Waals surface area contributed by atoms with Gasteiger partial charge >= 0.3 is 5.97 Å². The Morgan fingerprint density at radius 1 is 1.44 bits per heavy atom. The van der Waals surface area contributed by atoms with Crippen molar-refractivity contribution in [3.63, 3.8) is 0 Å². The number of carbonyl (C=O) groups excluding carboxylic acids is 1. The molecule has 0 aliphatic carbocycles. The van der Waals surface area contributed by atoms with Crippen molar-refractivity contribution >= 4 is 5.97 Å². The minimum atomic E-state index is -0.618. The van der Waals surface area contributed by atoms with Crippen LogP contribution in [0.5, 0.6) is 0 Å². The molecule has 0 atom stereocenters. The van der Waals surface area contributed by atoms with E-state index in [4.69, 9.17) is 0 Å². The summed E-state index contributed by atoms with van der Waals surface area (Å²) in [5.41, 5.74) is 0.939. The number of methoxy groups -OCH3 is 1. The molecule has 2 rings (SSSR count). The van der Waals surface area contributed by atoms with Crippen molar-refractivity contribution in [1.82, 2.24) is 5.32 Å². The van der Waals surface area contributed by atoms with Gasteiger partial charge in [0.1, 0.15) is 0 Å². The van der Waals surface area contributed by atoms with Crippen LogP contribution < -0.4 is 5.32 Å². The Bertz CT molecular complexity index is 382. The van der Waals surface area contributed by atoms with Gasteiger partial charge < -0.3 is 15.2 Å². The number of ether oxygens (including phenoxy) is 1. The van der Waals surface area contributed by atoms with Crippen LogP contribution in [-0.4, -0.2) is 36.9 Å². The number of rotatable bonds is 3. The summed E-state index contributed by atoms with van der Waals surface area (Å²) in [6.45, 7) is 1.26. The number of benzene rings is 1. The summed E-state index contributed by atoms with van der Waals surface area (Å²) in [6.07, 6.45) is 0.613. The second-order valence-electron chi connectivity index (χ2n) is 4.19. The van der Waals surface area contributed by atoms with E-state index < -0.39 is 5.60 Å². The van der Waals surface area contributed by atoms with Gasteiger partial charge in [-0.1, -0.05) is 12.1 Å². The molecule has 0 bridgehead atoms. The van der Waals surface area contributed by atoms with Gasteiger partial charge in [0.25, 0.3) is 0 Å². The van der Waals surface area contributed by atoms with E-state index >= 15 is 0 Å². The number of carbonyl (C=O) groups is 1. The Labute approximate surface area is 94.2 Å². The average molecular weight is 221 g/mol. The van der Waals surface area contributed by atoms with Gasteiger partial charge in [0.15, 0.2) is 0 Å². The van der Waals surface area contributed by atoms with Crippen LogP contribution in [0.3, 0.4) is 0 Å². The smallest absolute Gasteiger partial charge is 0.337 e. The van der Waals surface area contributed by atoms with Crippen LogP contribution in [0.2, 0.25) is 0 Å². The lowest BCUT2D eigenvalue weighted by molar-refractivity contribution is -0.00901. The number of esters is 1. The normalized spacial score (nSPS) is 17.6. The van der Waals surface area contributed by atoms with Gasteiger partial charge in [0.2, 0.25) is 0 Å². The summed E-state index contributed by atoms with van der Waals surface area (Å²) in [5, 5.41) is 13.0. The quantitative estimate of drug-likeness (QED) is 0.723. The van der Waals surface area contributed by atoms with Crippen molar-refractivity contribution in [2.24, 2.45) is 0 Å². The molecule has 16 heavy (non-hydrogen) atoms. The zero-order valence-electron chi connectivity index (χ0n) is 9.19. The largest absolute Gasteiger partial charge is 0.465 e. The van der Waals surface area contributed by atoms with Crippen LogP contribution in [0.25, 0.3) is 0 Å². The van der Waals surface area contributed by atoms with Crippen molar-refractivity contribution in [3.05, 3.63) is 35.4 Å². The Kier molecular flexibility index (Phi) is 2.94. The van der Waals surface area contributed by atoms with E-state index in [9.17, 15) is 9.90 Å². The Hall–Kier alpha value is -1.39. The first kappa shape index (κ1) is 11.1. The van der Waals surface area contributed by atoms with E-state index in [1.807, 2.05) is 12.1 Å². The summed E-state index contributed by atoms with van der Waals surface area (Å²) in [4.78, 5) is 11.2. The Morgan fingerprint density at radius 2 is 2.06 bits per heavy atom. The zero-order chi connectivity index (χ0) is 11.6. The Balaban J connectivity index is 2.04. The second kappa shape index (κ2) is 4.23. The maximum atomic E-state index is 11.2. The SMILES string of the molecule is COC(=O)c1ccc(CC2(O)CNC2)cc1. The molecule has 1 aliphatic heterocycles. The third-order valence-corrected chi connectivity index (χ3v) is 2.82. The summed E-state index contributed by atoms with van der Waals surface area (Å²) in [6, 6.07) is 7.14. The predicted molar refractivity (Wildman–Crippen MR) is 59.3 cm³/mol. The number of aliphatic hydroxyl groups is 1. The van der Waals surface area contributed by atoms with Gasteiger partial charge in [-0.3, -0.25) is 0 Å². The van der Waals surface area contributed by atoms with Crippen LogP contribution in [0.1, 0.15) is 15.9 Å². The molecule has 0 saturated carbocycles. The van der Waals surface area contributed by atoms with Crippen molar-refractivity contribution in [1.29, 1.82) is 0 Å². The summed E-state index contributed by atoms with van der Waals surface area (Å²) < 4.78 is 4.61. The molecule has 0 spiro atoms. The van der Waals surface area contributed by atoms with Crippen LogP contribution >= 0.6 is 0 Å². The van der Waals surface area contributed by atoms with Gasteiger partial charge in [-0.25, -0.2) is 4.79 Å². The average Bonchev–Trinajstić information content (AvgIpc) is 2.27. The molecule has 1 heterocycles. The van der Waals surface area contributed by atoms with Gasteiger partial charge in [0.05, 0.1) is 18.3 Å². The minimum absolute atomic E-state index is 0.337. The third-order valence-electron chi connectivity index (χ3n) is 2.82. The highest BCUT2D eigenvalue weighted by molar-refractivity contribution is 5.89. The lowest BCUT2D eigenvalue weighted by Crippen LogP contribution is -2.60. The first-order valence-corrected chi connectivity index (χ1v) is 5.23. The molecular formula is C12H15NO3. The van der Waals surface area contributed by atoms with Gasteiger partial charge in [-0.2, -0.15) is 0 Å². The fraction of sp³-hybridized carbons (Fsp3) is 0.417. The molecule has 0 unspecified atom stereocenters. The van der Waals surface area contributed by atoms with Crippen LogP contribution in [-0.2, 0) is 11.2 Å². The highest BCUT2D eigenvalue weighted by atomic mass is 16.5. The van der Waals surface area contributed by atoms with E-state index in [0.29, 0.717) is 25.1 Å². The topological polar surface area (TPSA) is 58.6 Å². The van der Waals surface area contributed by atoms with Crippen LogP contribution in [0.15, 0.2) is 24.3 Å². The zero-order valence-corrected chi connectivity index (χ0v) is 9.19. The molecule has 2 N–H and O–H groups in total. The first-order chi connectivity index (χ1) is 7.63. The molecule has 1 aliphatic rings. The number of hydrogen-bond donors (Lipinski definition) is 2. The monoisotopic (exact) mass is 221 g/mol. The van der Waals surface area contributed by atoms with E-state index in [2.05, 4.69) is 10.1 Å². The molecule has 0 aromatic heterocycles. The second-order valence-corrected chi connectivity index (χ2v) is 4.19. The third kappa shape index (κ3) is 2.23. The van der Waals surface area contributed by atoms with Crippen LogP contribution in [0.4, 0.5) is 0 Å². The molecular weight excluding hydrogens is 206 g/mol. The van der Waals surface area contributed by atoms with Crippen molar-refractivity contribution < 1.29 is 14.6 Å². The molecule has 4 heteroatoms. The fourth-order valence-electron chi connectivity index (χ4n) is 1.80. The molecule has 0 radical (unpaired) electrons. The molecule has 86 valence electrons. The summed E-state index contributed by atoms with van der Waals surface area (Å²) >= 11 is 0. The molecule has 1 fully saturated rings. The fourth-order valence-corrected chi connectivity index (χ4v) is 1.80. The molecule has 1 saturated heterocycles. The maximum Gasteiger partial charge on any atom is 0.337 e. The van der Waals surface area contributed by atoms with Crippen LogP contribution in [0, 0.1) is 0 Å². The summed E-state index contributed by atoms with van der Waals surface area (Å²) in [7, 11) is 1.36. The van der Waals surface area contributed by atoms with E-state index in [1.165, 1.54) is 7.11 Å². The lowest BCUT2D eigenvalue weighted by Gasteiger charge is -2.37. The van der Waals surface area contributed by atoms with Crippen molar-refractivity contribution in [3.8, 4) is 0 Å². The maximum absolute atomic E-state index is 11.2. The lowest BCUT2D eigenvalue weighted by atomic mass is 9.89. The molecule has 0 amide bonds. The number of hydrogen-bond acceptors (Lipinski definition) is 4. The van der Waals surface area contributed by atoms with E-state index in [-0.39, 0.29) is 5.97 Å². The summed E-state index contributed by atoms with van der Waals surface area (Å²) in [5.74, 6) is -0.337. The van der Waals surface area contributed by atoms with Gasteiger partial charge in [0, 0.05) is 19.5 Å². The van der Waals surface area contributed by atoms with Gasteiger partial charge in [-0.05, 0) is 17.7 Å². The van der Waals surface area contributed by atoms with E-state index in [0.717, 1.165) is 5.56 Å². The minimum Gasteiger partial charge on any atom is -0.465 e. The Morgan fingerprint density at radius 3 is 2.50 bits per heavy atom. The molecule has 1 aromatic carbocycles. The highest BCUT2D eigenvalue weighted by Crippen LogP contribution is 2.18. The molecule has 1 aromatic rings. The van der Waals surface area contributed by atoms with Gasteiger partial charge in [-0.15, -0.1) is 0 Å². The standard InChI is InChI=1S/C12H15NO3/c1-16-11(14)10-4-2-9(3-5-10)6-12(15)7-13-8-12/h2-5,13,15H,6-8H2,1H3. The molecule has 4 nitrogen and oxygen atoms in total. The van der Waals surface area contributed by atoms with Crippen molar-refractivity contribution in [2.75, 3.05) is 20.2 Å². The number of nitrogens with one attached hydrogen (secondary N) is 1. The predicted octanol–water partition coefficient (Wildman–Crippen LogP) is 0.350. The van der Waals surface area contributed by atoms with Crippen molar-refractivity contribution in [2.45, 2.75) is 12.0 Å². The highest BCUT2D eigenvalue weighted by Gasteiger charge is 2.34.